The van der Waals surface area contributed by atoms with Crippen molar-refractivity contribution in [2.24, 2.45) is 0 Å². The van der Waals surface area contributed by atoms with Crippen molar-refractivity contribution in [3.8, 4) is 0 Å². The number of carbonyl (C=O) groups is 1. The lowest BCUT2D eigenvalue weighted by molar-refractivity contribution is 0.112. The number of rotatable bonds is 1. The van der Waals surface area contributed by atoms with Crippen molar-refractivity contribution < 1.29 is 4.79 Å². The lowest BCUT2D eigenvalue weighted by atomic mass is 10.1. The summed E-state index contributed by atoms with van der Waals surface area (Å²) in [5.41, 5.74) is 1.12. The summed E-state index contributed by atoms with van der Waals surface area (Å²) in [6.45, 7) is 0. The monoisotopic (exact) mass is 225 g/mol. The predicted molar refractivity (Wildman–Crippen MR) is 57.2 cm³/mol. The molecule has 1 aromatic heterocycles. The SMILES string of the molecule is O=Cc1ccnc2c(Cl)c(Cl)ccc12. The van der Waals surface area contributed by atoms with Crippen LogP contribution < -0.4 is 0 Å². The van der Waals surface area contributed by atoms with Gasteiger partial charge in [-0.15, -0.1) is 0 Å². The smallest absolute Gasteiger partial charge is 0.150 e. The van der Waals surface area contributed by atoms with Gasteiger partial charge in [0.25, 0.3) is 0 Å². The molecule has 0 atom stereocenters. The first-order valence-electron chi connectivity index (χ1n) is 3.92. The molecule has 2 nitrogen and oxygen atoms in total. The van der Waals surface area contributed by atoms with Crippen LogP contribution >= 0.6 is 23.2 Å². The minimum Gasteiger partial charge on any atom is -0.298 e. The third kappa shape index (κ3) is 1.37. The van der Waals surface area contributed by atoms with E-state index in [1.165, 1.54) is 6.20 Å². The van der Waals surface area contributed by atoms with Gasteiger partial charge in [-0.3, -0.25) is 9.78 Å². The fourth-order valence-corrected chi connectivity index (χ4v) is 1.65. The second-order valence-corrected chi connectivity index (χ2v) is 3.56. The Hall–Kier alpha value is -1.12. The molecule has 2 rings (SSSR count). The first-order valence-corrected chi connectivity index (χ1v) is 4.67. The van der Waals surface area contributed by atoms with Crippen LogP contribution in [0.5, 0.6) is 0 Å². The van der Waals surface area contributed by atoms with Gasteiger partial charge in [0.2, 0.25) is 0 Å². The van der Waals surface area contributed by atoms with Crippen LogP contribution in [0.2, 0.25) is 10.0 Å². The van der Waals surface area contributed by atoms with E-state index in [0.29, 0.717) is 21.1 Å². The van der Waals surface area contributed by atoms with Crippen molar-refractivity contribution in [1.29, 1.82) is 0 Å². The molecule has 4 heteroatoms. The highest BCUT2D eigenvalue weighted by Crippen LogP contribution is 2.30. The molecule has 0 N–H and O–H groups in total. The van der Waals surface area contributed by atoms with Gasteiger partial charge in [0, 0.05) is 17.1 Å². The summed E-state index contributed by atoms with van der Waals surface area (Å²) in [6.07, 6.45) is 2.31. The Labute approximate surface area is 90.5 Å². The van der Waals surface area contributed by atoms with Crippen LogP contribution in [0.3, 0.4) is 0 Å². The fourth-order valence-electron chi connectivity index (χ4n) is 1.28. The van der Waals surface area contributed by atoms with Crippen molar-refractivity contribution in [3.63, 3.8) is 0 Å². The quantitative estimate of drug-likeness (QED) is 0.698. The Morgan fingerprint density at radius 2 is 2.00 bits per heavy atom. The van der Waals surface area contributed by atoms with Crippen LogP contribution in [-0.4, -0.2) is 11.3 Å². The number of nitrogens with zero attached hydrogens (tertiary/aromatic N) is 1. The number of fused-ring (bicyclic) bond motifs is 1. The van der Waals surface area contributed by atoms with Crippen molar-refractivity contribution in [1.82, 2.24) is 4.98 Å². The van der Waals surface area contributed by atoms with Gasteiger partial charge in [-0.1, -0.05) is 29.3 Å². The molecule has 0 bridgehead atoms. The van der Waals surface area contributed by atoms with E-state index in [4.69, 9.17) is 23.2 Å². The average molecular weight is 226 g/mol. The molecule has 1 aromatic carbocycles. The highest BCUT2D eigenvalue weighted by molar-refractivity contribution is 6.45. The number of hydrogen-bond donors (Lipinski definition) is 0. The zero-order chi connectivity index (χ0) is 10.1. The van der Waals surface area contributed by atoms with E-state index in [-0.39, 0.29) is 0 Å². The van der Waals surface area contributed by atoms with Crippen LogP contribution in [0, 0.1) is 0 Å². The summed E-state index contributed by atoms with van der Waals surface area (Å²) in [7, 11) is 0. The van der Waals surface area contributed by atoms with Crippen LogP contribution in [0.4, 0.5) is 0 Å². The zero-order valence-electron chi connectivity index (χ0n) is 7.00. The summed E-state index contributed by atoms with van der Waals surface area (Å²) in [5.74, 6) is 0. The molecule has 0 aliphatic heterocycles. The second-order valence-electron chi connectivity index (χ2n) is 2.78. The van der Waals surface area contributed by atoms with E-state index in [0.717, 1.165) is 11.7 Å². The minimum atomic E-state index is 0.382. The summed E-state index contributed by atoms with van der Waals surface area (Å²) in [4.78, 5) is 14.8. The molecule has 0 radical (unpaired) electrons. The summed E-state index contributed by atoms with van der Waals surface area (Å²) >= 11 is 11.8. The minimum absolute atomic E-state index is 0.382. The summed E-state index contributed by atoms with van der Waals surface area (Å²) in [6, 6.07) is 5.03. The Kier molecular flexibility index (Phi) is 2.40. The Morgan fingerprint density at radius 1 is 1.21 bits per heavy atom. The molecule has 0 spiro atoms. The van der Waals surface area contributed by atoms with E-state index in [1.807, 2.05) is 0 Å². The molecule has 0 aliphatic carbocycles. The number of benzene rings is 1. The van der Waals surface area contributed by atoms with Crippen molar-refractivity contribution in [2.75, 3.05) is 0 Å². The summed E-state index contributed by atoms with van der Waals surface area (Å²) < 4.78 is 0. The van der Waals surface area contributed by atoms with E-state index in [2.05, 4.69) is 4.98 Å². The predicted octanol–water partition coefficient (Wildman–Crippen LogP) is 3.35. The van der Waals surface area contributed by atoms with Crippen LogP contribution in [0.25, 0.3) is 10.9 Å². The number of halogens is 2. The maximum Gasteiger partial charge on any atom is 0.150 e. The van der Waals surface area contributed by atoms with E-state index in [9.17, 15) is 4.79 Å². The van der Waals surface area contributed by atoms with Gasteiger partial charge >= 0.3 is 0 Å². The first-order chi connectivity index (χ1) is 6.74. The molecule has 2 aromatic rings. The Balaban J connectivity index is 2.92. The third-order valence-corrected chi connectivity index (χ3v) is 2.76. The highest BCUT2D eigenvalue weighted by Gasteiger charge is 2.07. The van der Waals surface area contributed by atoms with E-state index in [1.54, 1.807) is 18.2 Å². The molecule has 1 heterocycles. The topological polar surface area (TPSA) is 30.0 Å². The van der Waals surface area contributed by atoms with Gasteiger partial charge in [-0.2, -0.15) is 0 Å². The van der Waals surface area contributed by atoms with Gasteiger partial charge < -0.3 is 0 Å². The first kappa shape index (κ1) is 9.44. The standard InChI is InChI=1S/C10H5Cl2NO/c11-8-2-1-7-6(5-14)3-4-13-10(7)9(8)12/h1-5H. The van der Waals surface area contributed by atoms with Crippen molar-refractivity contribution in [3.05, 3.63) is 40.0 Å². The molecule has 0 fully saturated rings. The lowest BCUT2D eigenvalue weighted by Gasteiger charge is -2.02. The van der Waals surface area contributed by atoms with Crippen LogP contribution in [-0.2, 0) is 0 Å². The maximum atomic E-state index is 10.7. The zero-order valence-corrected chi connectivity index (χ0v) is 8.51. The third-order valence-electron chi connectivity index (χ3n) is 1.96. The molecule has 14 heavy (non-hydrogen) atoms. The normalized spacial score (nSPS) is 10.4. The number of aromatic nitrogens is 1. The number of pyridine rings is 1. The molecule has 70 valence electrons. The van der Waals surface area contributed by atoms with Gasteiger partial charge in [-0.05, 0) is 12.1 Å². The molecule has 0 saturated heterocycles. The van der Waals surface area contributed by atoms with Crippen LogP contribution in [0.1, 0.15) is 10.4 Å². The van der Waals surface area contributed by atoms with Gasteiger partial charge in [0.1, 0.15) is 0 Å². The van der Waals surface area contributed by atoms with E-state index >= 15 is 0 Å². The number of carbonyl (C=O) groups excluding carboxylic acids is 1. The second kappa shape index (κ2) is 3.56. The maximum absolute atomic E-state index is 10.7. The largest absolute Gasteiger partial charge is 0.298 e. The van der Waals surface area contributed by atoms with Gasteiger partial charge in [0.15, 0.2) is 6.29 Å². The van der Waals surface area contributed by atoms with Crippen molar-refractivity contribution >= 4 is 40.4 Å². The van der Waals surface area contributed by atoms with Gasteiger partial charge in [-0.25, -0.2) is 0 Å². The molecule has 0 aliphatic rings. The molecule has 0 unspecified atom stereocenters. The summed E-state index contributed by atoms with van der Waals surface area (Å²) in [5, 5.41) is 1.54. The number of aldehydes is 1. The highest BCUT2D eigenvalue weighted by atomic mass is 35.5. The lowest BCUT2D eigenvalue weighted by Crippen LogP contribution is -1.87. The van der Waals surface area contributed by atoms with Gasteiger partial charge in [0.05, 0.1) is 15.6 Å². The van der Waals surface area contributed by atoms with Crippen LogP contribution in [0.15, 0.2) is 24.4 Å². The Bertz CT molecular complexity index is 511. The van der Waals surface area contributed by atoms with Crippen molar-refractivity contribution in [2.45, 2.75) is 0 Å². The van der Waals surface area contributed by atoms with E-state index < -0.39 is 0 Å². The number of hydrogen-bond acceptors (Lipinski definition) is 2. The molecular formula is C10H5Cl2NO. The Morgan fingerprint density at radius 3 is 2.71 bits per heavy atom. The molecular weight excluding hydrogens is 221 g/mol. The fraction of sp³-hybridized carbons (Fsp3) is 0. The average Bonchev–Trinajstić information content (AvgIpc) is 2.23. The molecule has 0 amide bonds. The molecule has 0 saturated carbocycles.